The van der Waals surface area contributed by atoms with Crippen molar-refractivity contribution in [3.8, 4) is 5.75 Å². The summed E-state index contributed by atoms with van der Waals surface area (Å²) in [5.74, 6) is 1.14. The van der Waals surface area contributed by atoms with Crippen LogP contribution in [-0.2, 0) is 0 Å². The SMILES string of the molecule is CCCOc1c(Br)cc(Br)cc1C=C(CO)C(C)C. The average Bonchev–Trinajstić information content (AvgIpc) is 2.34. The van der Waals surface area contributed by atoms with E-state index in [9.17, 15) is 5.11 Å². The molecule has 1 aromatic carbocycles. The number of benzene rings is 1. The zero-order valence-electron chi connectivity index (χ0n) is 11.5. The normalized spacial score (nSPS) is 12.1. The summed E-state index contributed by atoms with van der Waals surface area (Å²) < 4.78 is 7.70. The first-order chi connectivity index (χ1) is 8.99. The van der Waals surface area contributed by atoms with Gasteiger partial charge < -0.3 is 9.84 Å². The van der Waals surface area contributed by atoms with Crippen LogP contribution in [0.3, 0.4) is 0 Å². The molecule has 0 aromatic heterocycles. The summed E-state index contributed by atoms with van der Waals surface area (Å²) in [7, 11) is 0. The van der Waals surface area contributed by atoms with Crippen LogP contribution in [-0.4, -0.2) is 18.3 Å². The summed E-state index contributed by atoms with van der Waals surface area (Å²) in [6.07, 6.45) is 2.97. The van der Waals surface area contributed by atoms with Crippen molar-refractivity contribution in [1.82, 2.24) is 0 Å². The quantitative estimate of drug-likeness (QED) is 0.736. The number of rotatable bonds is 6. The number of hydrogen-bond acceptors (Lipinski definition) is 2. The van der Waals surface area contributed by atoms with E-state index in [4.69, 9.17) is 4.74 Å². The highest BCUT2D eigenvalue weighted by Crippen LogP contribution is 2.35. The van der Waals surface area contributed by atoms with Gasteiger partial charge in [-0.1, -0.05) is 36.7 Å². The van der Waals surface area contributed by atoms with Gasteiger partial charge in [-0.3, -0.25) is 0 Å². The lowest BCUT2D eigenvalue weighted by Gasteiger charge is -2.14. The van der Waals surface area contributed by atoms with Gasteiger partial charge in [-0.2, -0.15) is 0 Å². The molecule has 0 bridgehead atoms. The van der Waals surface area contributed by atoms with Crippen LogP contribution in [0.15, 0.2) is 26.7 Å². The molecule has 0 aliphatic heterocycles. The van der Waals surface area contributed by atoms with Gasteiger partial charge in [0.05, 0.1) is 17.7 Å². The lowest BCUT2D eigenvalue weighted by Crippen LogP contribution is -2.01. The smallest absolute Gasteiger partial charge is 0.140 e. The highest BCUT2D eigenvalue weighted by molar-refractivity contribution is 9.11. The minimum atomic E-state index is 0.0645. The maximum atomic E-state index is 9.43. The predicted octanol–water partition coefficient (Wildman–Crippen LogP) is 5.03. The number of aliphatic hydroxyl groups is 1. The molecule has 0 radical (unpaired) electrons. The van der Waals surface area contributed by atoms with Crippen LogP contribution in [0.1, 0.15) is 32.8 Å². The van der Waals surface area contributed by atoms with Crippen LogP contribution in [0.25, 0.3) is 6.08 Å². The monoisotopic (exact) mass is 390 g/mol. The Bertz CT molecular complexity index is 454. The summed E-state index contributed by atoms with van der Waals surface area (Å²) in [6, 6.07) is 3.98. The predicted molar refractivity (Wildman–Crippen MR) is 87.5 cm³/mol. The molecule has 0 aliphatic carbocycles. The van der Waals surface area contributed by atoms with Crippen molar-refractivity contribution < 1.29 is 9.84 Å². The van der Waals surface area contributed by atoms with Gasteiger partial charge in [-0.15, -0.1) is 0 Å². The minimum absolute atomic E-state index is 0.0645. The summed E-state index contributed by atoms with van der Waals surface area (Å²) >= 11 is 7.02. The van der Waals surface area contributed by atoms with Crippen molar-refractivity contribution >= 4 is 37.9 Å². The van der Waals surface area contributed by atoms with Gasteiger partial charge >= 0.3 is 0 Å². The van der Waals surface area contributed by atoms with Crippen LogP contribution in [0.2, 0.25) is 0 Å². The Labute approximate surface area is 132 Å². The maximum absolute atomic E-state index is 9.43. The maximum Gasteiger partial charge on any atom is 0.140 e. The van der Waals surface area contributed by atoms with E-state index in [1.54, 1.807) is 0 Å². The lowest BCUT2D eigenvalue weighted by molar-refractivity contribution is 0.313. The highest BCUT2D eigenvalue weighted by Gasteiger charge is 2.10. The van der Waals surface area contributed by atoms with Gasteiger partial charge in [-0.25, -0.2) is 0 Å². The van der Waals surface area contributed by atoms with E-state index in [2.05, 4.69) is 52.6 Å². The molecule has 106 valence electrons. The third-order valence-corrected chi connectivity index (χ3v) is 3.80. The van der Waals surface area contributed by atoms with Crippen molar-refractivity contribution in [3.05, 3.63) is 32.2 Å². The van der Waals surface area contributed by atoms with E-state index in [0.29, 0.717) is 12.5 Å². The van der Waals surface area contributed by atoms with Gasteiger partial charge in [0.15, 0.2) is 0 Å². The van der Waals surface area contributed by atoms with Crippen molar-refractivity contribution in [3.63, 3.8) is 0 Å². The third-order valence-electron chi connectivity index (χ3n) is 2.75. The first kappa shape index (κ1) is 16.7. The molecule has 1 N–H and O–H groups in total. The van der Waals surface area contributed by atoms with E-state index >= 15 is 0 Å². The second-order valence-corrected chi connectivity index (χ2v) is 6.46. The van der Waals surface area contributed by atoms with Crippen molar-refractivity contribution in [2.75, 3.05) is 13.2 Å². The standard InChI is InChI=1S/C15H20Br2O2/c1-4-5-19-15-11(6-12(9-18)10(2)3)7-13(16)8-14(15)17/h6-8,10,18H,4-5,9H2,1-3H3. The first-order valence-electron chi connectivity index (χ1n) is 6.42. The van der Waals surface area contributed by atoms with Gasteiger partial charge in [0.2, 0.25) is 0 Å². The molecule has 0 saturated heterocycles. The zero-order valence-corrected chi connectivity index (χ0v) is 14.7. The molecule has 0 amide bonds. The Balaban J connectivity index is 3.23. The first-order valence-corrected chi connectivity index (χ1v) is 8.01. The largest absolute Gasteiger partial charge is 0.492 e. The van der Waals surface area contributed by atoms with Crippen molar-refractivity contribution in [2.45, 2.75) is 27.2 Å². The molecule has 1 rings (SSSR count). The van der Waals surface area contributed by atoms with Crippen LogP contribution in [0, 0.1) is 5.92 Å². The highest BCUT2D eigenvalue weighted by atomic mass is 79.9. The lowest BCUT2D eigenvalue weighted by atomic mass is 10.0. The van der Waals surface area contributed by atoms with Crippen LogP contribution in [0.4, 0.5) is 0 Å². The molecule has 0 unspecified atom stereocenters. The van der Waals surface area contributed by atoms with E-state index in [-0.39, 0.29) is 6.61 Å². The van der Waals surface area contributed by atoms with E-state index < -0.39 is 0 Å². The summed E-state index contributed by atoms with van der Waals surface area (Å²) in [5.41, 5.74) is 1.97. The molecule has 4 heteroatoms. The number of ether oxygens (including phenoxy) is 1. The molecule has 19 heavy (non-hydrogen) atoms. The van der Waals surface area contributed by atoms with Gasteiger partial charge in [-0.05, 0) is 52.1 Å². The van der Waals surface area contributed by atoms with E-state index in [1.807, 2.05) is 18.2 Å². The molecule has 0 atom stereocenters. The zero-order chi connectivity index (χ0) is 14.4. The fourth-order valence-corrected chi connectivity index (χ4v) is 3.01. The van der Waals surface area contributed by atoms with Gasteiger partial charge in [0.25, 0.3) is 0 Å². The van der Waals surface area contributed by atoms with Crippen LogP contribution < -0.4 is 4.74 Å². The third kappa shape index (κ3) is 4.93. The summed E-state index contributed by atoms with van der Waals surface area (Å²) in [6.45, 7) is 6.96. The fraction of sp³-hybridized carbons (Fsp3) is 0.467. The second-order valence-electron chi connectivity index (χ2n) is 4.69. The van der Waals surface area contributed by atoms with Crippen LogP contribution >= 0.6 is 31.9 Å². The number of halogens is 2. The molecule has 0 aliphatic rings. The van der Waals surface area contributed by atoms with Crippen molar-refractivity contribution in [1.29, 1.82) is 0 Å². The molecule has 0 heterocycles. The van der Waals surface area contributed by atoms with E-state index in [1.165, 1.54) is 0 Å². The Morgan fingerprint density at radius 3 is 2.58 bits per heavy atom. The Kier molecular flexibility index (Phi) is 7.11. The summed E-state index contributed by atoms with van der Waals surface area (Å²) in [4.78, 5) is 0. The Hall–Kier alpha value is -0.320. The van der Waals surface area contributed by atoms with E-state index in [0.717, 1.165) is 32.3 Å². The molecule has 0 saturated carbocycles. The molecule has 1 aromatic rings. The second kappa shape index (κ2) is 8.08. The average molecular weight is 392 g/mol. The van der Waals surface area contributed by atoms with Crippen molar-refractivity contribution in [2.24, 2.45) is 5.92 Å². The number of aliphatic hydroxyl groups excluding tert-OH is 1. The fourth-order valence-electron chi connectivity index (χ4n) is 1.64. The molecule has 0 spiro atoms. The Morgan fingerprint density at radius 1 is 1.37 bits per heavy atom. The summed E-state index contributed by atoms with van der Waals surface area (Å²) in [5, 5.41) is 9.43. The van der Waals surface area contributed by atoms with Crippen LogP contribution in [0.5, 0.6) is 5.75 Å². The minimum Gasteiger partial charge on any atom is -0.492 e. The molecular weight excluding hydrogens is 372 g/mol. The Morgan fingerprint density at radius 2 is 2.05 bits per heavy atom. The topological polar surface area (TPSA) is 29.5 Å². The van der Waals surface area contributed by atoms with Gasteiger partial charge in [0.1, 0.15) is 5.75 Å². The van der Waals surface area contributed by atoms with Gasteiger partial charge in [0, 0.05) is 10.0 Å². The number of hydrogen-bond donors (Lipinski definition) is 1. The molecular formula is C15H20Br2O2. The molecule has 0 fully saturated rings. The molecule has 2 nitrogen and oxygen atoms in total.